The highest BCUT2D eigenvalue weighted by atomic mass is 16.2. The van der Waals surface area contributed by atoms with Gasteiger partial charge in [-0.3, -0.25) is 4.79 Å². The maximum Gasteiger partial charge on any atom is 0.254 e. The first-order valence-corrected chi connectivity index (χ1v) is 8.54. The predicted molar refractivity (Wildman–Crippen MR) is 91.8 cm³/mol. The zero-order valence-electron chi connectivity index (χ0n) is 14.9. The maximum absolute atomic E-state index is 13.0. The highest BCUT2D eigenvalue weighted by molar-refractivity contribution is 5.95. The number of amides is 1. The van der Waals surface area contributed by atoms with Gasteiger partial charge < -0.3 is 9.80 Å². The SMILES string of the molecule is CN(C)C[C@@]12CN(C(=O)c3ccn4ncnc4c3)C[C@@H]1C(C)(C)C2. The van der Waals surface area contributed by atoms with Crippen molar-refractivity contribution < 1.29 is 4.79 Å². The number of carbonyl (C=O) groups is 1. The summed E-state index contributed by atoms with van der Waals surface area (Å²) >= 11 is 0. The molecule has 2 atom stereocenters. The van der Waals surface area contributed by atoms with Crippen LogP contribution in [0.5, 0.6) is 0 Å². The Labute approximate surface area is 142 Å². The first kappa shape index (κ1) is 15.6. The normalized spacial score (nSPS) is 28.2. The molecule has 6 nitrogen and oxygen atoms in total. The molecule has 4 rings (SSSR count). The molecule has 1 saturated carbocycles. The van der Waals surface area contributed by atoms with Crippen LogP contribution in [0.1, 0.15) is 30.6 Å². The minimum absolute atomic E-state index is 0.115. The maximum atomic E-state index is 13.0. The zero-order chi connectivity index (χ0) is 17.1. The third kappa shape index (κ3) is 2.24. The Bertz CT molecular complexity index is 792. The molecule has 0 bridgehead atoms. The summed E-state index contributed by atoms with van der Waals surface area (Å²) in [5.74, 6) is 0.692. The van der Waals surface area contributed by atoms with Crippen LogP contribution in [-0.4, -0.2) is 64.0 Å². The Hall–Kier alpha value is -1.95. The number of fused-ring (bicyclic) bond motifs is 2. The molecule has 1 aliphatic carbocycles. The van der Waals surface area contributed by atoms with E-state index in [2.05, 4.69) is 42.9 Å². The van der Waals surface area contributed by atoms with E-state index in [4.69, 9.17) is 0 Å². The van der Waals surface area contributed by atoms with Gasteiger partial charge in [0.15, 0.2) is 5.65 Å². The molecule has 1 aliphatic heterocycles. The number of hydrogen-bond donors (Lipinski definition) is 0. The zero-order valence-corrected chi connectivity index (χ0v) is 14.9. The summed E-state index contributed by atoms with van der Waals surface area (Å²) in [7, 11) is 4.25. The van der Waals surface area contributed by atoms with Crippen molar-refractivity contribution in [3.8, 4) is 0 Å². The van der Waals surface area contributed by atoms with E-state index in [9.17, 15) is 4.79 Å². The van der Waals surface area contributed by atoms with Crippen LogP contribution in [0.4, 0.5) is 0 Å². The molecule has 0 N–H and O–H groups in total. The van der Waals surface area contributed by atoms with Crippen LogP contribution in [-0.2, 0) is 0 Å². The first-order chi connectivity index (χ1) is 11.3. The van der Waals surface area contributed by atoms with Crippen LogP contribution in [0.2, 0.25) is 0 Å². The van der Waals surface area contributed by atoms with Crippen molar-refractivity contribution in [1.82, 2.24) is 24.4 Å². The van der Waals surface area contributed by atoms with Gasteiger partial charge in [0, 0.05) is 36.8 Å². The molecule has 0 aromatic carbocycles. The average molecular weight is 327 g/mol. The lowest BCUT2D eigenvalue weighted by Crippen LogP contribution is -2.57. The molecule has 1 amide bonds. The number of carbonyl (C=O) groups excluding carboxylic acids is 1. The van der Waals surface area contributed by atoms with E-state index in [-0.39, 0.29) is 11.3 Å². The summed E-state index contributed by atoms with van der Waals surface area (Å²) in [5, 5.41) is 4.09. The lowest BCUT2D eigenvalue weighted by molar-refractivity contribution is -0.0789. The molecule has 128 valence electrons. The van der Waals surface area contributed by atoms with E-state index in [0.717, 1.165) is 19.6 Å². The fourth-order valence-electron chi connectivity index (χ4n) is 5.25. The monoisotopic (exact) mass is 327 g/mol. The van der Waals surface area contributed by atoms with Crippen molar-refractivity contribution in [1.29, 1.82) is 0 Å². The Morgan fingerprint density at radius 1 is 1.42 bits per heavy atom. The molecule has 2 aromatic rings. The molecule has 0 spiro atoms. The van der Waals surface area contributed by atoms with Crippen LogP contribution < -0.4 is 0 Å². The fraction of sp³-hybridized carbons (Fsp3) is 0.611. The van der Waals surface area contributed by atoms with Crippen molar-refractivity contribution >= 4 is 11.6 Å². The van der Waals surface area contributed by atoms with Gasteiger partial charge in [-0.25, -0.2) is 9.50 Å². The van der Waals surface area contributed by atoms with E-state index in [0.29, 0.717) is 22.5 Å². The van der Waals surface area contributed by atoms with E-state index >= 15 is 0 Å². The second kappa shape index (κ2) is 5.02. The van der Waals surface area contributed by atoms with Crippen molar-refractivity contribution in [2.75, 3.05) is 33.7 Å². The molecular formula is C18H25N5O. The summed E-state index contributed by atoms with van der Waals surface area (Å²) < 4.78 is 1.68. The van der Waals surface area contributed by atoms with E-state index in [1.807, 2.05) is 17.0 Å². The molecule has 24 heavy (non-hydrogen) atoms. The third-order valence-electron chi connectivity index (χ3n) is 5.84. The van der Waals surface area contributed by atoms with Gasteiger partial charge in [0.2, 0.25) is 0 Å². The standard InChI is InChI=1S/C18H25N5O/c1-17(2)9-18(10-21(3)4)11-22(8-14(17)18)16(24)13-5-6-23-15(7-13)19-12-20-23/h5-7,12,14H,8-11H2,1-4H3/t14-,18+/m1/s1. The first-order valence-electron chi connectivity index (χ1n) is 8.54. The van der Waals surface area contributed by atoms with Gasteiger partial charge in [-0.1, -0.05) is 13.8 Å². The fourth-order valence-corrected chi connectivity index (χ4v) is 5.25. The minimum atomic E-state index is 0.115. The van der Waals surface area contributed by atoms with Crippen LogP contribution in [0, 0.1) is 16.7 Å². The van der Waals surface area contributed by atoms with Crippen molar-refractivity contribution in [3.05, 3.63) is 30.2 Å². The Morgan fingerprint density at radius 3 is 2.92 bits per heavy atom. The number of aromatic nitrogens is 3. The molecule has 1 saturated heterocycles. The molecule has 0 radical (unpaired) electrons. The van der Waals surface area contributed by atoms with Gasteiger partial charge in [-0.15, -0.1) is 0 Å². The van der Waals surface area contributed by atoms with Gasteiger partial charge in [0.1, 0.15) is 6.33 Å². The minimum Gasteiger partial charge on any atom is -0.338 e. The van der Waals surface area contributed by atoms with Gasteiger partial charge in [0.05, 0.1) is 0 Å². The lowest BCUT2D eigenvalue weighted by atomic mass is 9.48. The summed E-state index contributed by atoms with van der Waals surface area (Å²) in [4.78, 5) is 21.5. The quantitative estimate of drug-likeness (QED) is 0.862. The van der Waals surface area contributed by atoms with Crippen LogP contribution >= 0.6 is 0 Å². The average Bonchev–Trinajstić information content (AvgIpc) is 3.07. The molecule has 2 aliphatic rings. The second-order valence-corrected chi connectivity index (χ2v) is 8.48. The Balaban J connectivity index is 1.59. The Kier molecular flexibility index (Phi) is 3.26. The molecule has 2 fully saturated rings. The summed E-state index contributed by atoms with van der Waals surface area (Å²) in [6, 6.07) is 3.67. The number of rotatable bonds is 3. The topological polar surface area (TPSA) is 53.7 Å². The molecule has 0 unspecified atom stereocenters. The molecule has 6 heteroatoms. The molecule has 2 aromatic heterocycles. The van der Waals surface area contributed by atoms with Crippen LogP contribution in [0.15, 0.2) is 24.7 Å². The number of likely N-dealkylation sites (tertiary alicyclic amines) is 1. The summed E-state index contributed by atoms with van der Waals surface area (Å²) in [5.41, 5.74) is 1.99. The predicted octanol–water partition coefficient (Wildman–Crippen LogP) is 1.78. The second-order valence-electron chi connectivity index (χ2n) is 8.48. The van der Waals surface area contributed by atoms with Gasteiger partial charge in [-0.2, -0.15) is 5.10 Å². The van der Waals surface area contributed by atoms with Gasteiger partial charge in [-0.05, 0) is 44.0 Å². The van der Waals surface area contributed by atoms with E-state index in [1.54, 1.807) is 10.7 Å². The smallest absolute Gasteiger partial charge is 0.254 e. The lowest BCUT2D eigenvalue weighted by Gasteiger charge is -2.57. The van der Waals surface area contributed by atoms with Crippen LogP contribution in [0.3, 0.4) is 0 Å². The van der Waals surface area contributed by atoms with Gasteiger partial charge in [0.25, 0.3) is 5.91 Å². The third-order valence-corrected chi connectivity index (χ3v) is 5.84. The highest BCUT2D eigenvalue weighted by Crippen LogP contribution is 2.62. The number of pyridine rings is 1. The largest absolute Gasteiger partial charge is 0.338 e. The summed E-state index contributed by atoms with van der Waals surface area (Å²) in [6.07, 6.45) is 4.50. The van der Waals surface area contributed by atoms with Crippen molar-refractivity contribution in [2.24, 2.45) is 16.7 Å². The number of hydrogen-bond acceptors (Lipinski definition) is 4. The van der Waals surface area contributed by atoms with Gasteiger partial charge >= 0.3 is 0 Å². The molecular weight excluding hydrogens is 302 g/mol. The van der Waals surface area contributed by atoms with E-state index < -0.39 is 0 Å². The molecule has 3 heterocycles. The van der Waals surface area contributed by atoms with Crippen molar-refractivity contribution in [3.63, 3.8) is 0 Å². The van der Waals surface area contributed by atoms with Crippen molar-refractivity contribution in [2.45, 2.75) is 20.3 Å². The number of nitrogens with zero attached hydrogens (tertiary/aromatic N) is 5. The Morgan fingerprint density at radius 2 is 2.21 bits per heavy atom. The highest BCUT2D eigenvalue weighted by Gasteiger charge is 2.63. The summed E-state index contributed by atoms with van der Waals surface area (Å²) in [6.45, 7) is 7.44. The van der Waals surface area contributed by atoms with Crippen LogP contribution in [0.25, 0.3) is 5.65 Å². The van der Waals surface area contributed by atoms with E-state index in [1.165, 1.54) is 12.7 Å².